The van der Waals surface area contributed by atoms with Crippen LogP contribution >= 0.6 is 0 Å². The minimum atomic E-state index is -0.982. The molecule has 0 aromatic heterocycles. The molecule has 0 amide bonds. The maximum absolute atomic E-state index is 13.2. The quantitative estimate of drug-likeness (QED) is 0.453. The van der Waals surface area contributed by atoms with Crippen molar-refractivity contribution in [1.29, 1.82) is 0 Å². The van der Waals surface area contributed by atoms with Gasteiger partial charge < -0.3 is 23.7 Å². The lowest BCUT2D eigenvalue weighted by molar-refractivity contribution is -0.151. The van der Waals surface area contributed by atoms with Crippen molar-refractivity contribution in [3.63, 3.8) is 0 Å². The first-order valence-corrected chi connectivity index (χ1v) is 10.3. The van der Waals surface area contributed by atoms with Gasteiger partial charge in [-0.05, 0) is 55.3 Å². The molecule has 0 saturated carbocycles. The lowest BCUT2D eigenvalue weighted by atomic mass is 9.73. The zero-order chi connectivity index (χ0) is 23.3. The van der Waals surface area contributed by atoms with Gasteiger partial charge in [0.1, 0.15) is 28.9 Å². The highest BCUT2D eigenvalue weighted by Gasteiger charge is 2.41. The molecule has 1 aliphatic rings. The Morgan fingerprint density at radius 1 is 0.906 bits per heavy atom. The van der Waals surface area contributed by atoms with Gasteiger partial charge in [0.05, 0.1) is 35.0 Å². The second-order valence-corrected chi connectivity index (χ2v) is 7.29. The number of ether oxygens (including phenoxy) is 5. The number of rotatable bonds is 8. The monoisotopic (exact) mass is 440 g/mol. The Bertz CT molecular complexity index is 1020. The highest BCUT2D eigenvalue weighted by Crippen LogP contribution is 2.46. The number of esters is 1. The van der Waals surface area contributed by atoms with Crippen molar-refractivity contribution < 1.29 is 33.3 Å². The fourth-order valence-electron chi connectivity index (χ4n) is 4.06. The summed E-state index contributed by atoms with van der Waals surface area (Å²) >= 11 is 0. The molecular formula is C25H28O7. The molecule has 2 atom stereocenters. The van der Waals surface area contributed by atoms with Gasteiger partial charge in [-0.1, -0.05) is 0 Å². The van der Waals surface area contributed by atoms with Crippen LogP contribution in [0.4, 0.5) is 0 Å². The summed E-state index contributed by atoms with van der Waals surface area (Å²) in [5, 5.41) is 0. The van der Waals surface area contributed by atoms with E-state index >= 15 is 0 Å². The smallest absolute Gasteiger partial charge is 0.317 e. The lowest BCUT2D eigenvalue weighted by Gasteiger charge is -2.31. The molecule has 32 heavy (non-hydrogen) atoms. The number of carbonyl (C=O) groups is 2. The first kappa shape index (κ1) is 23.2. The summed E-state index contributed by atoms with van der Waals surface area (Å²) in [4.78, 5) is 26.1. The minimum Gasteiger partial charge on any atom is -0.497 e. The summed E-state index contributed by atoms with van der Waals surface area (Å²) in [6, 6.07) is 10.8. The summed E-state index contributed by atoms with van der Waals surface area (Å²) in [6.45, 7) is 1.91. The normalized spacial score (nSPS) is 17.9. The third-order valence-electron chi connectivity index (χ3n) is 5.60. The van der Waals surface area contributed by atoms with E-state index < -0.39 is 17.8 Å². The summed E-state index contributed by atoms with van der Waals surface area (Å²) in [7, 11) is 6.26. The molecule has 170 valence electrons. The SMILES string of the molecule is CCOC(=O)[C@H]1C(=O)C=C(c2ccc(OC)cc2OC)C[C@@H]1c1cc(OC)ccc1OC. The van der Waals surface area contributed by atoms with E-state index in [0.717, 1.165) is 11.1 Å². The van der Waals surface area contributed by atoms with Gasteiger partial charge in [0, 0.05) is 23.1 Å². The van der Waals surface area contributed by atoms with Crippen molar-refractivity contribution in [3.8, 4) is 23.0 Å². The molecule has 1 aliphatic carbocycles. The molecule has 0 N–H and O–H groups in total. The zero-order valence-electron chi connectivity index (χ0n) is 19.0. The lowest BCUT2D eigenvalue weighted by Crippen LogP contribution is -2.34. The number of methoxy groups -OCH3 is 4. The number of hydrogen-bond acceptors (Lipinski definition) is 7. The highest BCUT2D eigenvalue weighted by molar-refractivity contribution is 6.11. The van der Waals surface area contributed by atoms with Gasteiger partial charge >= 0.3 is 5.97 Å². The van der Waals surface area contributed by atoms with Crippen molar-refractivity contribution in [3.05, 3.63) is 53.6 Å². The summed E-state index contributed by atoms with van der Waals surface area (Å²) in [5.41, 5.74) is 2.22. The van der Waals surface area contributed by atoms with E-state index in [9.17, 15) is 9.59 Å². The molecule has 0 fully saturated rings. The predicted molar refractivity (Wildman–Crippen MR) is 120 cm³/mol. The van der Waals surface area contributed by atoms with Crippen LogP contribution in [0.2, 0.25) is 0 Å². The van der Waals surface area contributed by atoms with Crippen LogP contribution in [0.3, 0.4) is 0 Å². The molecule has 0 bridgehead atoms. The summed E-state index contributed by atoms with van der Waals surface area (Å²) < 4.78 is 27.0. The second kappa shape index (κ2) is 10.2. The van der Waals surface area contributed by atoms with Crippen LogP contribution in [0, 0.1) is 5.92 Å². The van der Waals surface area contributed by atoms with Crippen LogP contribution < -0.4 is 18.9 Å². The molecule has 7 nitrogen and oxygen atoms in total. The first-order chi connectivity index (χ1) is 15.5. The van der Waals surface area contributed by atoms with E-state index in [1.807, 2.05) is 12.1 Å². The molecule has 3 rings (SSSR count). The number of ketones is 1. The maximum Gasteiger partial charge on any atom is 0.317 e. The Morgan fingerprint density at radius 3 is 2.19 bits per heavy atom. The van der Waals surface area contributed by atoms with Crippen LogP contribution in [-0.4, -0.2) is 46.8 Å². The van der Waals surface area contributed by atoms with E-state index in [-0.39, 0.29) is 12.4 Å². The zero-order valence-corrected chi connectivity index (χ0v) is 19.0. The second-order valence-electron chi connectivity index (χ2n) is 7.29. The Kier molecular flexibility index (Phi) is 7.41. The van der Waals surface area contributed by atoms with Crippen molar-refractivity contribution in [1.82, 2.24) is 0 Å². The van der Waals surface area contributed by atoms with Crippen LogP contribution in [0.25, 0.3) is 5.57 Å². The van der Waals surface area contributed by atoms with Gasteiger partial charge in [0.25, 0.3) is 0 Å². The summed E-state index contributed by atoms with van der Waals surface area (Å²) in [5.74, 6) is 0.0390. The third-order valence-corrected chi connectivity index (χ3v) is 5.60. The fraction of sp³-hybridized carbons (Fsp3) is 0.360. The van der Waals surface area contributed by atoms with Crippen LogP contribution in [0.5, 0.6) is 23.0 Å². The van der Waals surface area contributed by atoms with E-state index in [2.05, 4.69) is 0 Å². The topological polar surface area (TPSA) is 80.3 Å². The molecule has 0 aliphatic heterocycles. The molecule has 2 aromatic carbocycles. The number of allylic oxidation sites excluding steroid dienone is 2. The largest absolute Gasteiger partial charge is 0.497 e. The standard InChI is InChI=1S/C25H28O7/c1-6-32-25(27)24-20(19-13-16(28-2)8-10-22(19)30-4)11-15(12-21(24)26)18-9-7-17(29-3)14-23(18)31-5/h7-10,12-14,20,24H,6,11H2,1-5H3/t20-,24-/m1/s1. The van der Waals surface area contributed by atoms with Crippen LogP contribution in [0.15, 0.2) is 42.5 Å². The van der Waals surface area contributed by atoms with Gasteiger partial charge in [0.2, 0.25) is 0 Å². The Labute approximate surface area is 187 Å². The molecule has 2 aromatic rings. The van der Waals surface area contributed by atoms with Crippen molar-refractivity contribution >= 4 is 17.3 Å². The third kappa shape index (κ3) is 4.56. The average Bonchev–Trinajstić information content (AvgIpc) is 2.82. The van der Waals surface area contributed by atoms with Crippen molar-refractivity contribution in [2.75, 3.05) is 35.0 Å². The Hall–Kier alpha value is -3.48. The number of hydrogen-bond donors (Lipinski definition) is 0. The molecular weight excluding hydrogens is 412 g/mol. The van der Waals surface area contributed by atoms with E-state index in [1.54, 1.807) is 59.6 Å². The van der Waals surface area contributed by atoms with E-state index in [1.165, 1.54) is 6.08 Å². The molecule has 0 saturated heterocycles. The molecule has 0 radical (unpaired) electrons. The summed E-state index contributed by atoms with van der Waals surface area (Å²) in [6.07, 6.45) is 1.91. The molecule has 0 spiro atoms. The molecule has 0 unspecified atom stereocenters. The minimum absolute atomic E-state index is 0.188. The number of benzene rings is 2. The highest BCUT2D eigenvalue weighted by atomic mass is 16.5. The number of carbonyl (C=O) groups excluding carboxylic acids is 2. The van der Waals surface area contributed by atoms with Crippen molar-refractivity contribution in [2.24, 2.45) is 5.92 Å². The molecule has 7 heteroatoms. The predicted octanol–water partition coefficient (Wildman–Crippen LogP) is 4.04. The van der Waals surface area contributed by atoms with Crippen LogP contribution in [-0.2, 0) is 14.3 Å². The van der Waals surface area contributed by atoms with Crippen molar-refractivity contribution in [2.45, 2.75) is 19.3 Å². The van der Waals surface area contributed by atoms with E-state index in [0.29, 0.717) is 35.0 Å². The first-order valence-electron chi connectivity index (χ1n) is 10.3. The van der Waals surface area contributed by atoms with Gasteiger partial charge in [-0.2, -0.15) is 0 Å². The van der Waals surface area contributed by atoms with Crippen LogP contribution in [0.1, 0.15) is 30.4 Å². The van der Waals surface area contributed by atoms with Gasteiger partial charge in [-0.25, -0.2) is 0 Å². The van der Waals surface area contributed by atoms with Gasteiger partial charge in [0.15, 0.2) is 5.78 Å². The molecule has 0 heterocycles. The Balaban J connectivity index is 2.14. The van der Waals surface area contributed by atoms with Gasteiger partial charge in [-0.3, -0.25) is 9.59 Å². The maximum atomic E-state index is 13.2. The van der Waals surface area contributed by atoms with E-state index in [4.69, 9.17) is 23.7 Å². The Morgan fingerprint density at radius 2 is 1.56 bits per heavy atom. The van der Waals surface area contributed by atoms with Gasteiger partial charge in [-0.15, -0.1) is 0 Å². The fourth-order valence-corrected chi connectivity index (χ4v) is 4.06. The average molecular weight is 440 g/mol.